The van der Waals surface area contributed by atoms with E-state index in [1.54, 1.807) is 13.2 Å². The van der Waals surface area contributed by atoms with E-state index in [1.807, 2.05) is 26.1 Å². The molecule has 4 rings (SSSR count). The molecule has 1 N–H and O–H groups in total. The van der Waals surface area contributed by atoms with E-state index in [0.29, 0.717) is 29.2 Å². The summed E-state index contributed by atoms with van der Waals surface area (Å²) < 4.78 is 25.0. The standard InChI is InChI=1S/C22H23FN2O3/c1-13-17-10-14(12-25(2)8-9-27-3)4-6-16(17)21(28-13)20-18-11-15(23)5-7-19(18)24-22(20)26/h4-7,10-11,13H,8-9,12H2,1-3H3,(H,24,26). The first-order valence-corrected chi connectivity index (χ1v) is 9.31. The molecule has 2 aromatic rings. The molecular formula is C22H23FN2O3. The van der Waals surface area contributed by atoms with Gasteiger partial charge < -0.3 is 14.8 Å². The van der Waals surface area contributed by atoms with E-state index in [0.717, 1.165) is 24.2 Å². The van der Waals surface area contributed by atoms with E-state index in [2.05, 4.69) is 16.3 Å². The molecule has 146 valence electrons. The third-order valence-electron chi connectivity index (χ3n) is 5.18. The summed E-state index contributed by atoms with van der Waals surface area (Å²) in [5.74, 6) is -0.128. The second-order valence-electron chi connectivity index (χ2n) is 7.26. The van der Waals surface area contributed by atoms with Crippen LogP contribution in [-0.2, 0) is 20.8 Å². The molecule has 0 radical (unpaired) electrons. The Labute approximate surface area is 163 Å². The molecule has 0 aliphatic carbocycles. The second kappa shape index (κ2) is 7.37. The Bertz CT molecular complexity index is 970. The summed E-state index contributed by atoms with van der Waals surface area (Å²) in [5.41, 5.74) is 4.64. The Morgan fingerprint density at radius 3 is 2.82 bits per heavy atom. The van der Waals surface area contributed by atoms with Crippen LogP contribution in [0, 0.1) is 5.82 Å². The van der Waals surface area contributed by atoms with Gasteiger partial charge in [0.05, 0.1) is 12.2 Å². The van der Waals surface area contributed by atoms with Gasteiger partial charge in [-0.2, -0.15) is 0 Å². The molecule has 0 fully saturated rings. The van der Waals surface area contributed by atoms with Gasteiger partial charge in [0.2, 0.25) is 0 Å². The minimum absolute atomic E-state index is 0.174. The van der Waals surface area contributed by atoms with Crippen LogP contribution in [0.15, 0.2) is 36.4 Å². The van der Waals surface area contributed by atoms with Crippen molar-refractivity contribution in [2.24, 2.45) is 0 Å². The van der Waals surface area contributed by atoms with Crippen molar-refractivity contribution in [1.82, 2.24) is 4.90 Å². The van der Waals surface area contributed by atoms with Crippen molar-refractivity contribution in [2.45, 2.75) is 19.6 Å². The Hall–Kier alpha value is -2.70. The van der Waals surface area contributed by atoms with Gasteiger partial charge in [-0.25, -0.2) is 4.39 Å². The van der Waals surface area contributed by atoms with Crippen LogP contribution in [0.5, 0.6) is 0 Å². The number of methoxy groups -OCH3 is 1. The van der Waals surface area contributed by atoms with E-state index in [4.69, 9.17) is 9.47 Å². The number of benzene rings is 2. The number of anilines is 1. The van der Waals surface area contributed by atoms with E-state index < -0.39 is 0 Å². The van der Waals surface area contributed by atoms with Crippen LogP contribution in [-0.4, -0.2) is 38.1 Å². The Balaban J connectivity index is 1.71. The van der Waals surface area contributed by atoms with Gasteiger partial charge in [0.25, 0.3) is 5.91 Å². The molecule has 1 amide bonds. The number of hydrogen-bond donors (Lipinski definition) is 1. The van der Waals surface area contributed by atoms with Crippen molar-refractivity contribution in [3.8, 4) is 0 Å². The molecule has 28 heavy (non-hydrogen) atoms. The fourth-order valence-corrected chi connectivity index (χ4v) is 3.75. The lowest BCUT2D eigenvalue weighted by Crippen LogP contribution is -2.22. The van der Waals surface area contributed by atoms with Crippen molar-refractivity contribution in [3.05, 3.63) is 64.5 Å². The molecule has 2 aliphatic heterocycles. The smallest absolute Gasteiger partial charge is 0.260 e. The number of ether oxygens (including phenoxy) is 2. The van der Waals surface area contributed by atoms with Crippen LogP contribution >= 0.6 is 0 Å². The monoisotopic (exact) mass is 382 g/mol. The molecule has 2 heterocycles. The number of carbonyl (C=O) groups excluding carboxylic acids is 1. The van der Waals surface area contributed by atoms with Gasteiger partial charge in [0.1, 0.15) is 17.7 Å². The predicted molar refractivity (Wildman–Crippen MR) is 106 cm³/mol. The molecule has 1 atom stereocenters. The number of fused-ring (bicyclic) bond motifs is 2. The van der Waals surface area contributed by atoms with Crippen molar-refractivity contribution in [2.75, 3.05) is 32.6 Å². The van der Waals surface area contributed by atoms with E-state index in [-0.39, 0.29) is 17.8 Å². The van der Waals surface area contributed by atoms with Gasteiger partial charge in [0, 0.05) is 42.6 Å². The zero-order valence-electron chi connectivity index (χ0n) is 16.2. The lowest BCUT2D eigenvalue weighted by molar-refractivity contribution is -0.110. The van der Waals surface area contributed by atoms with Crippen LogP contribution in [0.3, 0.4) is 0 Å². The predicted octanol–water partition coefficient (Wildman–Crippen LogP) is 3.82. The van der Waals surface area contributed by atoms with Crippen molar-refractivity contribution in [1.29, 1.82) is 0 Å². The summed E-state index contributed by atoms with van der Waals surface area (Å²) in [6.45, 7) is 4.29. The van der Waals surface area contributed by atoms with E-state index in [9.17, 15) is 9.18 Å². The van der Waals surface area contributed by atoms with Crippen molar-refractivity contribution >= 4 is 22.9 Å². The van der Waals surface area contributed by atoms with Crippen LogP contribution < -0.4 is 5.32 Å². The SMILES string of the molecule is COCCN(C)Cc1ccc2c(c1)C(C)OC2=C1C(=O)Nc2ccc(F)cc21. The van der Waals surface area contributed by atoms with Gasteiger partial charge in [-0.1, -0.05) is 18.2 Å². The molecule has 0 saturated carbocycles. The first-order valence-electron chi connectivity index (χ1n) is 9.31. The molecule has 2 aliphatic rings. The maximum absolute atomic E-state index is 13.8. The van der Waals surface area contributed by atoms with Crippen molar-refractivity contribution < 1.29 is 18.7 Å². The summed E-state index contributed by atoms with van der Waals surface area (Å²) in [6, 6.07) is 10.4. The number of amides is 1. The minimum atomic E-state index is -0.380. The van der Waals surface area contributed by atoms with Gasteiger partial charge in [-0.15, -0.1) is 0 Å². The van der Waals surface area contributed by atoms with Crippen LogP contribution in [0.1, 0.15) is 35.3 Å². The topological polar surface area (TPSA) is 50.8 Å². The molecule has 6 heteroatoms. The third kappa shape index (κ3) is 3.30. The normalized spacial score (nSPS) is 20.2. The highest BCUT2D eigenvalue weighted by Gasteiger charge is 2.35. The van der Waals surface area contributed by atoms with Gasteiger partial charge in [-0.05, 0) is 37.7 Å². The number of nitrogens with zero attached hydrogens (tertiary/aromatic N) is 1. The first-order chi connectivity index (χ1) is 13.5. The molecule has 0 aromatic heterocycles. The molecular weight excluding hydrogens is 359 g/mol. The third-order valence-corrected chi connectivity index (χ3v) is 5.18. The number of nitrogens with one attached hydrogen (secondary N) is 1. The number of likely N-dealkylation sites (N-methyl/N-ethyl adjacent to an activating group) is 1. The van der Waals surface area contributed by atoms with Crippen LogP contribution in [0.2, 0.25) is 0 Å². The zero-order chi connectivity index (χ0) is 19.8. The minimum Gasteiger partial charge on any atom is -0.484 e. The fraction of sp³-hybridized carbons (Fsp3) is 0.318. The summed E-state index contributed by atoms with van der Waals surface area (Å²) in [5, 5.41) is 2.79. The van der Waals surface area contributed by atoms with Crippen LogP contribution in [0.25, 0.3) is 11.3 Å². The highest BCUT2D eigenvalue weighted by Crippen LogP contribution is 2.45. The lowest BCUT2D eigenvalue weighted by atomic mass is 9.97. The number of carbonyl (C=O) groups is 1. The molecule has 0 bridgehead atoms. The average Bonchev–Trinajstić information content (AvgIpc) is 3.15. The maximum Gasteiger partial charge on any atom is 0.260 e. The average molecular weight is 382 g/mol. The first kappa shape index (κ1) is 18.7. The molecule has 1 unspecified atom stereocenters. The highest BCUT2D eigenvalue weighted by atomic mass is 19.1. The Morgan fingerprint density at radius 2 is 2.04 bits per heavy atom. The largest absolute Gasteiger partial charge is 0.484 e. The number of hydrogen-bond acceptors (Lipinski definition) is 4. The van der Waals surface area contributed by atoms with Gasteiger partial charge in [-0.3, -0.25) is 9.69 Å². The number of halogens is 1. The zero-order valence-corrected chi connectivity index (χ0v) is 16.2. The van der Waals surface area contributed by atoms with E-state index in [1.165, 1.54) is 17.7 Å². The van der Waals surface area contributed by atoms with Gasteiger partial charge >= 0.3 is 0 Å². The molecule has 0 spiro atoms. The van der Waals surface area contributed by atoms with Gasteiger partial charge in [0.15, 0.2) is 0 Å². The van der Waals surface area contributed by atoms with Crippen LogP contribution in [0.4, 0.5) is 10.1 Å². The Morgan fingerprint density at radius 1 is 1.21 bits per heavy atom. The highest BCUT2D eigenvalue weighted by molar-refractivity contribution is 6.36. The fourth-order valence-electron chi connectivity index (χ4n) is 3.75. The molecule has 0 saturated heterocycles. The van der Waals surface area contributed by atoms with E-state index >= 15 is 0 Å². The summed E-state index contributed by atoms with van der Waals surface area (Å²) >= 11 is 0. The second-order valence-corrected chi connectivity index (χ2v) is 7.26. The maximum atomic E-state index is 13.8. The summed E-state index contributed by atoms with van der Waals surface area (Å²) in [7, 11) is 3.74. The number of rotatable bonds is 5. The Kier molecular flexibility index (Phi) is 4.91. The summed E-state index contributed by atoms with van der Waals surface area (Å²) in [6.07, 6.45) is -0.174. The molecule has 5 nitrogen and oxygen atoms in total. The summed E-state index contributed by atoms with van der Waals surface area (Å²) in [4.78, 5) is 14.8. The molecule has 2 aromatic carbocycles. The quantitative estimate of drug-likeness (QED) is 0.799. The lowest BCUT2D eigenvalue weighted by Gasteiger charge is -2.16. The van der Waals surface area contributed by atoms with Crippen molar-refractivity contribution in [3.63, 3.8) is 0 Å².